The number of nitrogens with one attached hydrogen (secondary N) is 1. The van der Waals surface area contributed by atoms with E-state index in [2.05, 4.69) is 50.9 Å². The summed E-state index contributed by atoms with van der Waals surface area (Å²) in [7, 11) is 1.24. The fourth-order valence-corrected chi connectivity index (χ4v) is 4.65. The molecule has 2 N–H and O–H groups in total. The van der Waals surface area contributed by atoms with Gasteiger partial charge in [-0.1, -0.05) is 30.3 Å². The van der Waals surface area contributed by atoms with Crippen molar-refractivity contribution >= 4 is 29.7 Å². The molecule has 0 spiro atoms. The standard InChI is InChI=1S/C25H30BN3O4/c1-23(2)24(3,4)33-26(32-23)18-10-7-16(8-11-18)17-9-12-19-20(15-17)28-21(27-19)25(13-6-14-25)29(5)22(30)31/h7-12,15H,6,13-14H2,1-5H3,(H,27,28)(H,30,31). The van der Waals surface area contributed by atoms with E-state index >= 15 is 0 Å². The number of fused-ring (bicyclic) bond motifs is 1. The topological polar surface area (TPSA) is 87.7 Å². The van der Waals surface area contributed by atoms with Crippen molar-refractivity contribution in [3.05, 3.63) is 48.3 Å². The van der Waals surface area contributed by atoms with E-state index in [1.807, 2.05) is 24.3 Å². The lowest BCUT2D eigenvalue weighted by Crippen LogP contribution is -2.52. The van der Waals surface area contributed by atoms with Crippen LogP contribution in [0.3, 0.4) is 0 Å². The number of nitrogens with zero attached hydrogens (tertiary/aromatic N) is 2. The number of amides is 1. The number of imidazole rings is 1. The summed E-state index contributed by atoms with van der Waals surface area (Å²) in [6.07, 6.45) is 1.62. The van der Waals surface area contributed by atoms with Gasteiger partial charge in [-0.25, -0.2) is 9.78 Å². The molecule has 2 aliphatic rings. The molecule has 1 amide bonds. The second-order valence-corrected chi connectivity index (χ2v) is 10.3. The average Bonchev–Trinajstić information content (AvgIpc) is 3.24. The Bertz CT molecular complexity index is 1200. The van der Waals surface area contributed by atoms with E-state index in [0.29, 0.717) is 0 Å². The molecule has 1 saturated carbocycles. The summed E-state index contributed by atoms with van der Waals surface area (Å²) in [5.74, 6) is 0.724. The van der Waals surface area contributed by atoms with E-state index in [4.69, 9.17) is 14.3 Å². The number of carboxylic acid groups (broad SMARTS) is 1. The highest BCUT2D eigenvalue weighted by Crippen LogP contribution is 2.45. The molecule has 0 radical (unpaired) electrons. The van der Waals surface area contributed by atoms with Crippen molar-refractivity contribution in [3.8, 4) is 11.1 Å². The summed E-state index contributed by atoms with van der Waals surface area (Å²) in [5.41, 5.74) is 3.58. The van der Waals surface area contributed by atoms with Gasteiger partial charge in [0.05, 0.1) is 22.2 Å². The Morgan fingerprint density at radius 2 is 1.64 bits per heavy atom. The third-order valence-electron chi connectivity index (χ3n) is 7.80. The minimum Gasteiger partial charge on any atom is -0.465 e. The molecule has 3 aromatic rings. The van der Waals surface area contributed by atoms with Gasteiger partial charge in [-0.05, 0) is 75.7 Å². The Morgan fingerprint density at radius 3 is 2.18 bits per heavy atom. The van der Waals surface area contributed by atoms with E-state index in [1.54, 1.807) is 7.05 Å². The molecule has 1 aliphatic heterocycles. The zero-order valence-corrected chi connectivity index (χ0v) is 19.8. The highest BCUT2D eigenvalue weighted by molar-refractivity contribution is 6.62. The van der Waals surface area contributed by atoms with Gasteiger partial charge in [-0.3, -0.25) is 4.90 Å². The van der Waals surface area contributed by atoms with Crippen LogP contribution >= 0.6 is 0 Å². The lowest BCUT2D eigenvalue weighted by Gasteiger charge is -2.45. The van der Waals surface area contributed by atoms with Crippen LogP contribution in [0.4, 0.5) is 4.79 Å². The summed E-state index contributed by atoms with van der Waals surface area (Å²) < 4.78 is 12.3. The van der Waals surface area contributed by atoms with Crippen LogP contribution < -0.4 is 5.46 Å². The Morgan fingerprint density at radius 1 is 1.03 bits per heavy atom. The third-order valence-corrected chi connectivity index (χ3v) is 7.80. The number of hydrogen-bond acceptors (Lipinski definition) is 4. The van der Waals surface area contributed by atoms with Gasteiger partial charge in [0.2, 0.25) is 0 Å². The van der Waals surface area contributed by atoms with Crippen LogP contribution in [-0.2, 0) is 14.8 Å². The molecular formula is C25H30BN3O4. The largest absolute Gasteiger partial charge is 0.494 e. The first-order valence-corrected chi connectivity index (χ1v) is 11.5. The molecule has 1 aromatic heterocycles. The lowest BCUT2D eigenvalue weighted by atomic mass is 9.75. The SMILES string of the molecule is CN(C(=O)O)C1(c2nc3ccc(-c4ccc(B5OC(C)(C)C(C)(C)O5)cc4)cc3[nH]2)CCC1. The van der Waals surface area contributed by atoms with Gasteiger partial charge in [0.25, 0.3) is 0 Å². The second kappa shape index (κ2) is 7.33. The fourth-order valence-electron chi connectivity index (χ4n) is 4.65. The van der Waals surface area contributed by atoms with Gasteiger partial charge >= 0.3 is 13.2 Å². The lowest BCUT2D eigenvalue weighted by molar-refractivity contribution is 0.00578. The summed E-state index contributed by atoms with van der Waals surface area (Å²) in [4.78, 5) is 21.2. The smallest absolute Gasteiger partial charge is 0.465 e. The maximum atomic E-state index is 11.6. The van der Waals surface area contributed by atoms with Gasteiger partial charge < -0.3 is 19.4 Å². The summed E-state index contributed by atoms with van der Waals surface area (Å²) in [6, 6.07) is 14.3. The molecule has 2 aromatic carbocycles. The van der Waals surface area contributed by atoms with E-state index in [0.717, 1.165) is 52.7 Å². The molecule has 1 aliphatic carbocycles. The summed E-state index contributed by atoms with van der Waals surface area (Å²) >= 11 is 0. The number of aromatic nitrogens is 2. The zero-order chi connectivity index (χ0) is 23.6. The van der Waals surface area contributed by atoms with E-state index in [1.165, 1.54) is 4.90 Å². The Labute approximate surface area is 194 Å². The first kappa shape index (κ1) is 22.0. The predicted molar refractivity (Wildman–Crippen MR) is 129 cm³/mol. The molecule has 0 atom stereocenters. The molecule has 0 unspecified atom stereocenters. The van der Waals surface area contributed by atoms with Crippen LogP contribution in [0.2, 0.25) is 0 Å². The minimum absolute atomic E-state index is 0.369. The number of rotatable bonds is 4. The van der Waals surface area contributed by atoms with Gasteiger partial charge in [0, 0.05) is 7.05 Å². The number of hydrogen-bond donors (Lipinski definition) is 2. The second-order valence-electron chi connectivity index (χ2n) is 10.3. The molecular weight excluding hydrogens is 417 g/mol. The molecule has 33 heavy (non-hydrogen) atoms. The van der Waals surface area contributed by atoms with Crippen molar-refractivity contribution in [2.45, 2.75) is 63.7 Å². The molecule has 2 fully saturated rings. The fraction of sp³-hybridized carbons (Fsp3) is 0.440. The van der Waals surface area contributed by atoms with Crippen molar-refractivity contribution < 1.29 is 19.2 Å². The monoisotopic (exact) mass is 447 g/mol. The molecule has 172 valence electrons. The van der Waals surface area contributed by atoms with Crippen LogP contribution in [0.15, 0.2) is 42.5 Å². The normalized spacial score (nSPS) is 20.6. The highest BCUT2D eigenvalue weighted by Gasteiger charge is 2.51. The molecule has 5 rings (SSSR count). The maximum absolute atomic E-state index is 11.6. The Kier molecular flexibility index (Phi) is 4.89. The van der Waals surface area contributed by atoms with Gasteiger partial charge in [0.1, 0.15) is 11.4 Å². The zero-order valence-electron chi connectivity index (χ0n) is 19.8. The van der Waals surface area contributed by atoms with Crippen LogP contribution in [-0.4, -0.2) is 51.4 Å². The van der Waals surface area contributed by atoms with Gasteiger partial charge in [-0.2, -0.15) is 0 Å². The summed E-state index contributed by atoms with van der Waals surface area (Å²) in [5, 5.41) is 9.54. The van der Waals surface area contributed by atoms with Gasteiger partial charge in [0.15, 0.2) is 0 Å². The molecule has 1 saturated heterocycles. The van der Waals surface area contributed by atoms with Crippen LogP contribution in [0.1, 0.15) is 52.8 Å². The van der Waals surface area contributed by atoms with Crippen molar-refractivity contribution in [2.75, 3.05) is 7.05 Å². The van der Waals surface area contributed by atoms with Crippen LogP contribution in [0, 0.1) is 0 Å². The van der Waals surface area contributed by atoms with E-state index in [-0.39, 0.29) is 18.3 Å². The number of benzene rings is 2. The average molecular weight is 447 g/mol. The van der Waals surface area contributed by atoms with Crippen molar-refractivity contribution in [2.24, 2.45) is 0 Å². The van der Waals surface area contributed by atoms with Crippen molar-refractivity contribution in [1.29, 1.82) is 0 Å². The Hall–Kier alpha value is -2.84. The van der Waals surface area contributed by atoms with Crippen LogP contribution in [0.25, 0.3) is 22.2 Å². The third kappa shape index (κ3) is 3.43. The first-order valence-electron chi connectivity index (χ1n) is 11.5. The number of carbonyl (C=O) groups is 1. The van der Waals surface area contributed by atoms with Crippen molar-refractivity contribution in [3.63, 3.8) is 0 Å². The number of aromatic amines is 1. The maximum Gasteiger partial charge on any atom is 0.494 e. The molecule has 7 nitrogen and oxygen atoms in total. The quantitative estimate of drug-likeness (QED) is 0.575. The van der Waals surface area contributed by atoms with Crippen molar-refractivity contribution in [1.82, 2.24) is 14.9 Å². The number of H-pyrrole nitrogens is 1. The van der Waals surface area contributed by atoms with Crippen LogP contribution in [0.5, 0.6) is 0 Å². The van der Waals surface area contributed by atoms with E-state index in [9.17, 15) is 9.90 Å². The molecule has 8 heteroatoms. The molecule has 0 bridgehead atoms. The van der Waals surface area contributed by atoms with Gasteiger partial charge in [-0.15, -0.1) is 0 Å². The van der Waals surface area contributed by atoms with E-state index < -0.39 is 11.6 Å². The first-order chi connectivity index (χ1) is 15.5. The Balaban J connectivity index is 1.41. The highest BCUT2D eigenvalue weighted by atomic mass is 16.7. The predicted octanol–water partition coefficient (Wildman–Crippen LogP) is 4.52. The molecule has 2 heterocycles. The summed E-state index contributed by atoms with van der Waals surface area (Å²) in [6.45, 7) is 8.21. The minimum atomic E-state index is -0.932.